The molecular weight excluding hydrogens is 1250 g/mol. The largest absolute Gasteiger partial charge is 0.481 e. The van der Waals surface area contributed by atoms with Crippen LogP contribution in [0.15, 0.2) is 0 Å². The average molecular weight is 1340 g/mol. The fourth-order valence-corrected chi connectivity index (χ4v) is 14.6. The van der Waals surface area contributed by atoms with Crippen LogP contribution in [0.5, 0.6) is 0 Å². The summed E-state index contributed by atoms with van der Waals surface area (Å²) in [5, 5.41) is 235. The van der Waals surface area contributed by atoms with Crippen LogP contribution in [0, 0.1) is 23.7 Å². The van der Waals surface area contributed by atoms with Gasteiger partial charge < -0.3 is 170 Å². The predicted octanol–water partition coefficient (Wildman–Crippen LogP) is -12.1. The summed E-state index contributed by atoms with van der Waals surface area (Å²) in [5.41, 5.74) is 5.71. The molecule has 0 amide bonds. The number of thioether (sulfide) groups is 2. The highest BCUT2D eigenvalue weighted by Gasteiger charge is 2.59. The third kappa shape index (κ3) is 15.9. The molecule has 89 heavy (non-hydrogen) atoms. The maximum Gasteiger partial charge on any atom is 0.321 e. The van der Waals surface area contributed by atoms with Gasteiger partial charge in [-0.1, -0.05) is 6.92 Å². The maximum atomic E-state index is 11.9. The van der Waals surface area contributed by atoms with E-state index in [0.29, 0.717) is 0 Å². The minimum Gasteiger partial charge on any atom is -0.481 e. The quantitative estimate of drug-likeness (QED) is 0.0724. The third-order valence-corrected chi connectivity index (χ3v) is 20.1. The van der Waals surface area contributed by atoms with Crippen LogP contribution in [-0.2, 0) is 66.4 Å². The summed E-state index contributed by atoms with van der Waals surface area (Å²) in [4.78, 5) is 23.4. The SMILES string of the molecule is CC(CSCC1C[C@@H]2C[C@@H]3C(CO)O[C@H](O[C@@H]4C(CO)O[C@H](O[C@@H]5C(CSC[C@@H](N)C(=O)O)O[C@H](O[C@@H]6C(CO)O[C@H](O[C@@H]7C(CO)O[C@H](O[C@@H]8C(CO)O[C@H](O[C@H]1[C@H](O)C2O)C(O)[C@H]8O)[C@@H](O)C7O)[C@@H](O)C6O)[C@@H](O)C5O)[C@@H](O)C4O)[C@@H](O)C3O)C(=O)O. The molecule has 36 nitrogen and oxygen atoms in total. The summed E-state index contributed by atoms with van der Waals surface area (Å²) in [6.45, 7) is -3.64. The summed E-state index contributed by atoms with van der Waals surface area (Å²) in [7, 11) is 0. The normalized spacial score (nSPS) is 50.1. The van der Waals surface area contributed by atoms with Gasteiger partial charge in [-0.3, -0.25) is 9.59 Å². The lowest BCUT2D eigenvalue weighted by Crippen LogP contribution is -2.68. The third-order valence-electron chi connectivity index (χ3n) is 17.5. The van der Waals surface area contributed by atoms with Gasteiger partial charge in [0.25, 0.3) is 0 Å². The second kappa shape index (κ2) is 31.9. The highest BCUT2D eigenvalue weighted by molar-refractivity contribution is 7.99. The number of hydrogen-bond acceptors (Lipinski definition) is 36. The van der Waals surface area contributed by atoms with Crippen LogP contribution in [0.1, 0.15) is 19.8 Å². The zero-order valence-corrected chi connectivity index (χ0v) is 49.3. The molecule has 20 aliphatic heterocycles. The topological polar surface area (TPSA) is 596 Å². The number of ether oxygens (including phenoxy) is 12. The van der Waals surface area contributed by atoms with E-state index in [-0.39, 0.29) is 35.9 Å². The Labute approximate surface area is 515 Å². The van der Waals surface area contributed by atoms with E-state index in [0.717, 1.165) is 23.5 Å². The number of hydrogen-bond donors (Lipinski definition) is 22. The predicted molar refractivity (Wildman–Crippen MR) is 287 cm³/mol. The standard InChI is InChI=1S/C51H85NO35S2/c1-13(44(72)73)9-88-10-15-2-14-3-16-18(4-53)76-46(32(66)25(16)59)83-39-20(6-55)80-50(36(70)30(39)64)87-43-23(12-89-11-17(52)45(74)75)81-51(37(71)31(43)65)86-42-22(8-57)79-49(35(69)29(42)63)85-41-21(7-56)78-48(34(68)28(41)62)84-40-19(5-54)77-47(33(67)27(40)61)82-38(15)26(60)24(14)58/h13-43,46-51,53-71H,2-12,52H2,1H3,(H,72,73)(H,74,75)/t13?,14-,15?,16-,17-,18?,19?,20?,21?,22?,23?,24?,25?,26-,27-,28?,29?,30?,31?,32+,33?,34+,35+,36+,37+,38-,39-,40-,41-,42-,43-,46-,47-,48-,49-,50-,51-/m1/s1. The van der Waals surface area contributed by atoms with E-state index >= 15 is 0 Å². The van der Waals surface area contributed by atoms with Gasteiger partial charge in [-0.2, -0.15) is 23.5 Å². The van der Waals surface area contributed by atoms with Crippen molar-refractivity contribution in [2.45, 2.75) is 222 Å². The average Bonchev–Trinajstić information content (AvgIpc) is 0.983. The second-order valence-corrected chi connectivity index (χ2v) is 25.7. The molecule has 21 aliphatic rings. The van der Waals surface area contributed by atoms with E-state index < -0.39 is 271 Å². The number of aliphatic hydroxyl groups excluding tert-OH is 19. The smallest absolute Gasteiger partial charge is 0.321 e. The molecule has 0 radical (unpaired) electrons. The highest BCUT2D eigenvalue weighted by atomic mass is 32.2. The van der Waals surface area contributed by atoms with Crippen LogP contribution < -0.4 is 5.73 Å². The molecule has 0 aromatic rings. The van der Waals surface area contributed by atoms with Crippen molar-refractivity contribution in [3.63, 3.8) is 0 Å². The van der Waals surface area contributed by atoms with Crippen molar-refractivity contribution in [2.24, 2.45) is 29.4 Å². The molecule has 21 rings (SSSR count). The number of aliphatic hydroxyl groups is 19. The zero-order chi connectivity index (χ0) is 65.2. The Morgan fingerprint density at radius 2 is 0.674 bits per heavy atom. The van der Waals surface area contributed by atoms with Gasteiger partial charge in [-0.05, 0) is 30.4 Å². The molecule has 23 N–H and O–H groups in total. The monoisotopic (exact) mass is 1340 g/mol. The Morgan fingerprint density at radius 3 is 1.02 bits per heavy atom. The van der Waals surface area contributed by atoms with Crippen molar-refractivity contribution in [3.05, 3.63) is 0 Å². The summed E-state index contributed by atoms with van der Waals surface area (Å²) < 4.78 is 70.6. The lowest BCUT2D eigenvalue weighted by molar-refractivity contribution is -0.394. The number of carboxylic acids is 2. The minimum atomic E-state index is -2.24. The first kappa shape index (κ1) is 73.2. The van der Waals surface area contributed by atoms with Gasteiger partial charge in [0.05, 0.1) is 69.5 Å². The number of nitrogens with two attached hydrogens (primary N) is 1. The van der Waals surface area contributed by atoms with Gasteiger partial charge >= 0.3 is 11.9 Å². The van der Waals surface area contributed by atoms with Crippen LogP contribution in [-0.4, -0.2) is 378 Å². The number of aliphatic carboxylic acids is 2. The van der Waals surface area contributed by atoms with Gasteiger partial charge in [0.15, 0.2) is 37.7 Å². The van der Waals surface area contributed by atoms with Gasteiger partial charge in [0.2, 0.25) is 0 Å². The molecule has 20 saturated heterocycles. The lowest BCUT2D eigenvalue weighted by atomic mass is 9.70. The molecule has 0 aromatic carbocycles. The molecule has 21 fully saturated rings. The summed E-state index contributed by atoms with van der Waals surface area (Å²) in [6.07, 6.45) is -63.0. The zero-order valence-electron chi connectivity index (χ0n) is 47.6. The molecule has 20 heterocycles. The molecule has 38 heteroatoms. The summed E-state index contributed by atoms with van der Waals surface area (Å²) >= 11 is 1.92. The van der Waals surface area contributed by atoms with Crippen molar-refractivity contribution < 1.29 is 174 Å². The Kier molecular flexibility index (Phi) is 26.3. The Hall–Kier alpha value is -1.64. The Balaban J connectivity index is 1.11. The number of rotatable bonds is 15. The second-order valence-electron chi connectivity index (χ2n) is 23.6. The summed E-state index contributed by atoms with van der Waals surface area (Å²) in [6, 6.07) is -1.45. The van der Waals surface area contributed by atoms with Crippen molar-refractivity contribution in [2.75, 3.05) is 56.0 Å². The number of carboxylic acid groups (broad SMARTS) is 2. The first-order valence-corrected chi connectivity index (χ1v) is 31.3. The molecule has 1 aliphatic carbocycles. The van der Waals surface area contributed by atoms with Crippen molar-refractivity contribution in [1.82, 2.24) is 0 Å². The van der Waals surface area contributed by atoms with E-state index in [1.54, 1.807) is 0 Å². The van der Waals surface area contributed by atoms with Gasteiger partial charge in [0, 0.05) is 23.2 Å². The maximum absolute atomic E-state index is 11.9. The molecular formula is C51H85NO35S2. The highest BCUT2D eigenvalue weighted by Crippen LogP contribution is 2.44. The van der Waals surface area contributed by atoms with Crippen molar-refractivity contribution >= 4 is 35.5 Å². The van der Waals surface area contributed by atoms with Gasteiger partial charge in [-0.15, -0.1) is 0 Å². The van der Waals surface area contributed by atoms with Crippen LogP contribution >= 0.6 is 23.5 Å². The Morgan fingerprint density at radius 1 is 0.371 bits per heavy atom. The van der Waals surface area contributed by atoms with Crippen LogP contribution in [0.2, 0.25) is 0 Å². The molecule has 0 aromatic heterocycles. The molecule has 0 spiro atoms. The van der Waals surface area contributed by atoms with E-state index in [2.05, 4.69) is 0 Å². The first-order chi connectivity index (χ1) is 42.2. The lowest BCUT2D eigenvalue weighted by Gasteiger charge is -2.50. The van der Waals surface area contributed by atoms with E-state index in [1.165, 1.54) is 6.92 Å². The molecule has 14 bridgehead atoms. The minimum absolute atomic E-state index is 0.00939. The fraction of sp³-hybridized carbons (Fsp3) is 0.961. The van der Waals surface area contributed by atoms with Crippen molar-refractivity contribution in [3.8, 4) is 0 Å². The van der Waals surface area contributed by atoms with Crippen LogP contribution in [0.3, 0.4) is 0 Å². The van der Waals surface area contributed by atoms with Crippen LogP contribution in [0.4, 0.5) is 0 Å². The van der Waals surface area contributed by atoms with Crippen LogP contribution in [0.25, 0.3) is 0 Å². The van der Waals surface area contributed by atoms with E-state index in [4.69, 9.17) is 62.6 Å². The van der Waals surface area contributed by atoms with E-state index in [1.807, 2.05) is 0 Å². The Bertz CT molecular complexity index is 2190. The van der Waals surface area contributed by atoms with E-state index in [9.17, 15) is 117 Å². The van der Waals surface area contributed by atoms with Crippen molar-refractivity contribution in [1.29, 1.82) is 0 Å². The molecule has 516 valence electrons. The molecule has 15 unspecified atom stereocenters. The van der Waals surface area contributed by atoms with Gasteiger partial charge in [-0.25, -0.2) is 0 Å². The summed E-state index contributed by atoms with van der Waals surface area (Å²) in [5.74, 6) is -7.33. The molecule has 37 atom stereocenters. The first-order valence-electron chi connectivity index (χ1n) is 29.0. The van der Waals surface area contributed by atoms with Gasteiger partial charge in [0.1, 0.15) is 134 Å². The fourth-order valence-electron chi connectivity index (χ4n) is 12.4. The molecule has 1 saturated carbocycles. The number of carbonyl (C=O) groups is 2.